The Bertz CT molecular complexity index is 56.3. The van der Waals surface area contributed by atoms with Crippen molar-refractivity contribution in [3.8, 4) is 0 Å². The Labute approximate surface area is 51.2 Å². The van der Waals surface area contributed by atoms with Crippen molar-refractivity contribution >= 4 is 0 Å². The van der Waals surface area contributed by atoms with E-state index < -0.39 is 6.10 Å². The van der Waals surface area contributed by atoms with Crippen molar-refractivity contribution in [3.05, 3.63) is 0 Å². The standard InChI is InChI=1S/C3H8O6/c1-3(7-9-5)2-6-8-4/h3-5H,2H2,1H3. The van der Waals surface area contributed by atoms with Crippen LogP contribution in [0.3, 0.4) is 0 Å². The van der Waals surface area contributed by atoms with E-state index in [9.17, 15) is 0 Å². The zero-order chi connectivity index (χ0) is 7.11. The Morgan fingerprint density at radius 2 is 2.00 bits per heavy atom. The Kier molecular flexibility index (Phi) is 5.73. The minimum absolute atomic E-state index is 0.0446. The predicted octanol–water partition coefficient (Wildman–Crippen LogP) is 0.217. The van der Waals surface area contributed by atoms with Crippen LogP contribution >= 0.6 is 0 Å². The highest BCUT2D eigenvalue weighted by molar-refractivity contribution is 4.38. The van der Waals surface area contributed by atoms with Crippen LogP contribution in [0.25, 0.3) is 0 Å². The van der Waals surface area contributed by atoms with Crippen LogP contribution in [0.2, 0.25) is 0 Å². The van der Waals surface area contributed by atoms with Crippen LogP contribution in [0, 0.1) is 0 Å². The molecule has 0 fully saturated rings. The molecule has 0 heterocycles. The minimum Gasteiger partial charge on any atom is -0.221 e. The zero-order valence-electron chi connectivity index (χ0n) is 4.81. The molecule has 6 nitrogen and oxygen atoms in total. The zero-order valence-corrected chi connectivity index (χ0v) is 4.81. The SMILES string of the molecule is CC(COOO)OOO. The van der Waals surface area contributed by atoms with Crippen molar-refractivity contribution in [1.29, 1.82) is 0 Å². The second kappa shape index (κ2) is 5.89. The summed E-state index contributed by atoms with van der Waals surface area (Å²) < 4.78 is 0. The van der Waals surface area contributed by atoms with E-state index in [2.05, 4.69) is 19.9 Å². The van der Waals surface area contributed by atoms with Gasteiger partial charge < -0.3 is 0 Å². The summed E-state index contributed by atoms with van der Waals surface area (Å²) >= 11 is 0. The summed E-state index contributed by atoms with van der Waals surface area (Å²) in [4.78, 5) is 8.07. The summed E-state index contributed by atoms with van der Waals surface area (Å²) in [7, 11) is 0. The first-order valence-corrected chi connectivity index (χ1v) is 2.21. The molecule has 0 amide bonds. The summed E-state index contributed by atoms with van der Waals surface area (Å²) in [6, 6.07) is 0. The third-order valence-electron chi connectivity index (χ3n) is 0.563. The third kappa shape index (κ3) is 5.63. The molecule has 0 saturated carbocycles. The molecule has 0 aromatic carbocycles. The first-order valence-electron chi connectivity index (χ1n) is 2.21. The quantitative estimate of drug-likeness (QED) is 0.420. The van der Waals surface area contributed by atoms with Crippen molar-refractivity contribution < 1.29 is 30.4 Å². The largest absolute Gasteiger partial charge is 0.221 e. The molecule has 0 rings (SSSR count). The number of hydrogen-bond donors (Lipinski definition) is 2. The van der Waals surface area contributed by atoms with E-state index in [0.717, 1.165) is 0 Å². The summed E-state index contributed by atoms with van der Waals surface area (Å²) in [5, 5.41) is 21.8. The van der Waals surface area contributed by atoms with Gasteiger partial charge in [-0.25, -0.2) is 20.3 Å². The van der Waals surface area contributed by atoms with Gasteiger partial charge in [0.25, 0.3) is 0 Å². The fourth-order valence-corrected chi connectivity index (χ4v) is 0.227. The van der Waals surface area contributed by atoms with E-state index in [0.29, 0.717) is 0 Å². The second-order valence-electron chi connectivity index (χ2n) is 1.34. The highest BCUT2D eigenvalue weighted by Crippen LogP contribution is 1.90. The lowest BCUT2D eigenvalue weighted by molar-refractivity contribution is -0.531. The minimum atomic E-state index is -0.512. The molecular weight excluding hydrogens is 132 g/mol. The average Bonchev–Trinajstić information content (AvgIpc) is 1.85. The Hall–Kier alpha value is -0.240. The molecule has 0 aliphatic heterocycles. The molecule has 0 aromatic heterocycles. The van der Waals surface area contributed by atoms with Crippen LogP contribution < -0.4 is 0 Å². The normalized spacial score (nSPS) is 13.7. The number of hydrogen-bond acceptors (Lipinski definition) is 6. The molecule has 1 atom stereocenters. The second-order valence-corrected chi connectivity index (χ2v) is 1.34. The highest BCUT2D eigenvalue weighted by atomic mass is 17.5. The van der Waals surface area contributed by atoms with Gasteiger partial charge in [0.1, 0.15) is 12.7 Å². The smallest absolute Gasteiger partial charge is 0.120 e. The molecule has 0 bridgehead atoms. The Morgan fingerprint density at radius 3 is 2.44 bits per heavy atom. The predicted molar refractivity (Wildman–Crippen MR) is 23.9 cm³/mol. The van der Waals surface area contributed by atoms with Gasteiger partial charge in [-0.3, -0.25) is 0 Å². The van der Waals surface area contributed by atoms with Crippen LogP contribution in [0.4, 0.5) is 0 Å². The van der Waals surface area contributed by atoms with Gasteiger partial charge >= 0.3 is 0 Å². The molecule has 0 aliphatic carbocycles. The van der Waals surface area contributed by atoms with Gasteiger partial charge in [0, 0.05) is 0 Å². The molecule has 0 radical (unpaired) electrons. The average molecular weight is 140 g/mol. The van der Waals surface area contributed by atoms with Gasteiger partial charge in [-0.1, -0.05) is 10.1 Å². The van der Waals surface area contributed by atoms with Crippen LogP contribution in [-0.2, 0) is 19.9 Å². The molecule has 6 heteroatoms. The van der Waals surface area contributed by atoms with Gasteiger partial charge in [-0.15, -0.1) is 0 Å². The van der Waals surface area contributed by atoms with E-state index in [-0.39, 0.29) is 6.61 Å². The summed E-state index contributed by atoms with van der Waals surface area (Å²) in [6.07, 6.45) is -0.512. The fourth-order valence-electron chi connectivity index (χ4n) is 0.227. The highest BCUT2D eigenvalue weighted by Gasteiger charge is 2.02. The molecule has 0 aliphatic rings. The fraction of sp³-hybridized carbons (Fsp3) is 1.00. The summed E-state index contributed by atoms with van der Waals surface area (Å²) in [6.45, 7) is 1.49. The van der Waals surface area contributed by atoms with Crippen LogP contribution in [0.1, 0.15) is 6.92 Å². The van der Waals surface area contributed by atoms with Crippen LogP contribution in [0.5, 0.6) is 0 Å². The maximum absolute atomic E-state index is 7.65. The van der Waals surface area contributed by atoms with Crippen molar-refractivity contribution in [2.75, 3.05) is 6.61 Å². The van der Waals surface area contributed by atoms with Crippen molar-refractivity contribution in [1.82, 2.24) is 0 Å². The van der Waals surface area contributed by atoms with Crippen LogP contribution in [-0.4, -0.2) is 23.2 Å². The molecule has 2 N–H and O–H groups in total. The van der Waals surface area contributed by atoms with Gasteiger partial charge in [0.05, 0.1) is 0 Å². The van der Waals surface area contributed by atoms with E-state index in [1.54, 1.807) is 0 Å². The van der Waals surface area contributed by atoms with Crippen LogP contribution in [0.15, 0.2) is 0 Å². The van der Waals surface area contributed by atoms with Crippen molar-refractivity contribution in [3.63, 3.8) is 0 Å². The molecule has 0 saturated heterocycles. The van der Waals surface area contributed by atoms with E-state index in [1.165, 1.54) is 6.92 Å². The maximum atomic E-state index is 7.65. The summed E-state index contributed by atoms with van der Waals surface area (Å²) in [5.41, 5.74) is 0. The molecule has 0 aromatic rings. The maximum Gasteiger partial charge on any atom is 0.120 e. The Balaban J connectivity index is 2.95. The van der Waals surface area contributed by atoms with Crippen molar-refractivity contribution in [2.45, 2.75) is 13.0 Å². The first-order chi connectivity index (χ1) is 4.31. The molecule has 1 unspecified atom stereocenters. The van der Waals surface area contributed by atoms with Crippen molar-refractivity contribution in [2.24, 2.45) is 0 Å². The van der Waals surface area contributed by atoms with E-state index >= 15 is 0 Å². The molecule has 0 spiro atoms. The van der Waals surface area contributed by atoms with E-state index in [4.69, 9.17) is 10.5 Å². The lowest BCUT2D eigenvalue weighted by atomic mass is 10.5. The first kappa shape index (κ1) is 8.76. The monoisotopic (exact) mass is 140 g/mol. The lowest BCUT2D eigenvalue weighted by Crippen LogP contribution is -2.15. The number of rotatable bonds is 5. The third-order valence-corrected chi connectivity index (χ3v) is 0.563. The van der Waals surface area contributed by atoms with Gasteiger partial charge in [0.2, 0.25) is 0 Å². The topological polar surface area (TPSA) is 77.4 Å². The lowest BCUT2D eigenvalue weighted by Gasteiger charge is -2.04. The Morgan fingerprint density at radius 1 is 1.33 bits per heavy atom. The van der Waals surface area contributed by atoms with E-state index in [1.807, 2.05) is 0 Å². The molecule has 56 valence electrons. The van der Waals surface area contributed by atoms with Gasteiger partial charge in [-0.05, 0) is 6.92 Å². The van der Waals surface area contributed by atoms with Gasteiger partial charge in [0.15, 0.2) is 0 Å². The summed E-state index contributed by atoms with van der Waals surface area (Å²) in [5.74, 6) is 0. The molecule has 9 heavy (non-hydrogen) atoms. The molecular formula is C3H8O6. The van der Waals surface area contributed by atoms with Gasteiger partial charge in [-0.2, -0.15) is 0 Å².